The Morgan fingerprint density at radius 3 is 2.93 bits per heavy atom. The Bertz CT molecular complexity index is 331. The van der Waals surface area contributed by atoms with Gasteiger partial charge in [-0.1, -0.05) is 0 Å². The van der Waals surface area contributed by atoms with Crippen LogP contribution >= 0.6 is 11.3 Å². The smallest absolute Gasteiger partial charge is 0.1000 e. The van der Waals surface area contributed by atoms with E-state index in [0.29, 0.717) is 0 Å². The molecule has 3 heteroatoms. The van der Waals surface area contributed by atoms with E-state index < -0.39 is 0 Å². The predicted molar refractivity (Wildman–Crippen MR) is 58.3 cm³/mol. The lowest BCUT2D eigenvalue weighted by Gasteiger charge is -2.21. The summed E-state index contributed by atoms with van der Waals surface area (Å²) in [5, 5.41) is 14.0. The highest BCUT2D eigenvalue weighted by Gasteiger charge is 2.14. The summed E-state index contributed by atoms with van der Waals surface area (Å²) < 4.78 is 0. The Hall–Kier alpha value is -0.850. The molecule has 1 aromatic heterocycles. The van der Waals surface area contributed by atoms with Crippen molar-refractivity contribution in [2.24, 2.45) is 5.92 Å². The summed E-state index contributed by atoms with van der Waals surface area (Å²) in [7, 11) is 0. The van der Waals surface area contributed by atoms with Gasteiger partial charge in [-0.3, -0.25) is 0 Å². The Morgan fingerprint density at radius 1 is 1.50 bits per heavy atom. The molecule has 0 unspecified atom stereocenters. The summed E-state index contributed by atoms with van der Waals surface area (Å²) in [6.45, 7) is 2.31. The van der Waals surface area contributed by atoms with Crippen molar-refractivity contribution in [1.82, 2.24) is 5.32 Å². The molecule has 1 aromatic rings. The number of hydrogen-bond donors (Lipinski definition) is 1. The maximum Gasteiger partial charge on any atom is 0.1000 e. The molecule has 1 saturated heterocycles. The maximum atomic E-state index is 8.70. The average molecular weight is 206 g/mol. The van der Waals surface area contributed by atoms with Crippen molar-refractivity contribution in [3.63, 3.8) is 0 Å². The van der Waals surface area contributed by atoms with Gasteiger partial charge in [0.05, 0.1) is 11.6 Å². The van der Waals surface area contributed by atoms with Crippen molar-refractivity contribution < 1.29 is 0 Å². The first-order valence-electron chi connectivity index (χ1n) is 5.06. The molecule has 74 valence electrons. The van der Waals surface area contributed by atoms with E-state index in [4.69, 9.17) is 5.26 Å². The van der Waals surface area contributed by atoms with Crippen molar-refractivity contribution in [1.29, 1.82) is 5.26 Å². The van der Waals surface area contributed by atoms with Gasteiger partial charge in [0.15, 0.2) is 0 Å². The molecule has 0 spiro atoms. The quantitative estimate of drug-likeness (QED) is 0.805. The Balaban J connectivity index is 1.93. The van der Waals surface area contributed by atoms with Gasteiger partial charge in [0.2, 0.25) is 0 Å². The number of rotatable bonds is 2. The molecule has 0 amide bonds. The van der Waals surface area contributed by atoms with Crippen LogP contribution in [0.25, 0.3) is 0 Å². The highest BCUT2D eigenvalue weighted by atomic mass is 32.1. The summed E-state index contributed by atoms with van der Waals surface area (Å²) in [6, 6.07) is 4.22. The Labute approximate surface area is 88.6 Å². The molecule has 0 aromatic carbocycles. The van der Waals surface area contributed by atoms with Crippen LogP contribution in [0.2, 0.25) is 0 Å². The average Bonchev–Trinajstić information content (AvgIpc) is 2.67. The van der Waals surface area contributed by atoms with E-state index in [1.54, 1.807) is 11.3 Å². The number of nitrogens with one attached hydrogen (secondary N) is 1. The second-order valence-electron chi connectivity index (χ2n) is 3.81. The highest BCUT2D eigenvalue weighted by molar-refractivity contribution is 7.10. The monoisotopic (exact) mass is 206 g/mol. The summed E-state index contributed by atoms with van der Waals surface area (Å²) in [5.41, 5.74) is 0.818. The van der Waals surface area contributed by atoms with Crippen LogP contribution in [0.15, 0.2) is 11.4 Å². The normalized spacial score (nSPS) is 17.9. The van der Waals surface area contributed by atoms with E-state index in [1.807, 2.05) is 11.4 Å². The first-order chi connectivity index (χ1) is 6.88. The second-order valence-corrected chi connectivity index (χ2v) is 4.81. The predicted octanol–water partition coefficient (Wildman–Crippen LogP) is 2.16. The Kier molecular flexibility index (Phi) is 3.18. The van der Waals surface area contributed by atoms with Crippen LogP contribution in [0.5, 0.6) is 0 Å². The zero-order chi connectivity index (χ0) is 9.80. The van der Waals surface area contributed by atoms with Crippen molar-refractivity contribution in [2.45, 2.75) is 19.3 Å². The molecule has 0 saturated carbocycles. The summed E-state index contributed by atoms with van der Waals surface area (Å²) in [6.07, 6.45) is 3.72. The highest BCUT2D eigenvalue weighted by Crippen LogP contribution is 2.22. The van der Waals surface area contributed by atoms with E-state index in [-0.39, 0.29) is 0 Å². The maximum absolute atomic E-state index is 8.70. The topological polar surface area (TPSA) is 35.8 Å². The molecule has 1 aliphatic heterocycles. The van der Waals surface area contributed by atoms with Crippen LogP contribution in [0, 0.1) is 17.2 Å². The first-order valence-corrected chi connectivity index (χ1v) is 5.94. The van der Waals surface area contributed by atoms with Gasteiger partial charge in [-0.15, -0.1) is 11.3 Å². The molecule has 0 aliphatic carbocycles. The number of nitrogens with zero attached hydrogens (tertiary/aromatic N) is 1. The van der Waals surface area contributed by atoms with Gasteiger partial charge in [-0.25, -0.2) is 0 Å². The molecule has 0 atom stereocenters. The van der Waals surface area contributed by atoms with Gasteiger partial charge >= 0.3 is 0 Å². The summed E-state index contributed by atoms with van der Waals surface area (Å²) in [4.78, 5) is 1.37. The van der Waals surface area contributed by atoms with Crippen LogP contribution in [-0.2, 0) is 6.42 Å². The third kappa shape index (κ3) is 2.34. The molecule has 1 aliphatic rings. The van der Waals surface area contributed by atoms with E-state index >= 15 is 0 Å². The van der Waals surface area contributed by atoms with E-state index in [2.05, 4.69) is 11.4 Å². The molecule has 1 fully saturated rings. The molecule has 0 bridgehead atoms. The molecular formula is C11H14N2S. The van der Waals surface area contributed by atoms with Crippen LogP contribution in [-0.4, -0.2) is 13.1 Å². The second kappa shape index (κ2) is 4.59. The summed E-state index contributed by atoms with van der Waals surface area (Å²) in [5.74, 6) is 0.821. The fourth-order valence-electron chi connectivity index (χ4n) is 1.92. The minimum atomic E-state index is 0.818. The van der Waals surface area contributed by atoms with Gasteiger partial charge < -0.3 is 5.32 Å². The molecule has 2 rings (SSSR count). The minimum absolute atomic E-state index is 0.818. The fourth-order valence-corrected chi connectivity index (χ4v) is 2.84. The van der Waals surface area contributed by atoms with Crippen LogP contribution in [0.4, 0.5) is 0 Å². The lowest BCUT2D eigenvalue weighted by atomic mass is 9.94. The molecule has 1 N–H and O–H groups in total. The zero-order valence-corrected chi connectivity index (χ0v) is 8.94. The first kappa shape index (κ1) is 9.70. The van der Waals surface area contributed by atoms with Crippen molar-refractivity contribution in [3.05, 3.63) is 21.9 Å². The molecular weight excluding hydrogens is 192 g/mol. The van der Waals surface area contributed by atoms with E-state index in [1.165, 1.54) is 17.7 Å². The van der Waals surface area contributed by atoms with Crippen molar-refractivity contribution in [2.75, 3.05) is 13.1 Å². The molecule has 0 radical (unpaired) electrons. The van der Waals surface area contributed by atoms with Gasteiger partial charge in [0.25, 0.3) is 0 Å². The number of hydrogen-bond acceptors (Lipinski definition) is 3. The zero-order valence-electron chi connectivity index (χ0n) is 8.12. The fraction of sp³-hybridized carbons (Fsp3) is 0.545. The van der Waals surface area contributed by atoms with E-state index in [0.717, 1.165) is 31.0 Å². The van der Waals surface area contributed by atoms with Crippen LogP contribution in [0.3, 0.4) is 0 Å². The van der Waals surface area contributed by atoms with Gasteiger partial charge in [0.1, 0.15) is 0 Å². The van der Waals surface area contributed by atoms with Gasteiger partial charge in [-0.2, -0.15) is 5.26 Å². The third-order valence-corrected chi connectivity index (χ3v) is 3.69. The van der Waals surface area contributed by atoms with Crippen LogP contribution < -0.4 is 5.32 Å². The van der Waals surface area contributed by atoms with Crippen molar-refractivity contribution >= 4 is 11.3 Å². The lowest BCUT2D eigenvalue weighted by molar-refractivity contribution is 0.374. The largest absolute Gasteiger partial charge is 0.317 e. The lowest BCUT2D eigenvalue weighted by Crippen LogP contribution is -2.28. The molecule has 2 nitrogen and oxygen atoms in total. The standard InChI is InChI=1S/C11H14N2S/c12-7-10-6-11(14-8-10)5-9-1-3-13-4-2-9/h6,8-9,13H,1-5H2. The minimum Gasteiger partial charge on any atom is -0.317 e. The molecule has 14 heavy (non-hydrogen) atoms. The SMILES string of the molecule is N#Cc1csc(CC2CCNCC2)c1. The van der Waals surface area contributed by atoms with Gasteiger partial charge in [-0.05, 0) is 44.3 Å². The number of thiophene rings is 1. The Morgan fingerprint density at radius 2 is 2.29 bits per heavy atom. The number of piperidine rings is 1. The third-order valence-electron chi connectivity index (χ3n) is 2.73. The molecule has 2 heterocycles. The van der Waals surface area contributed by atoms with Crippen molar-refractivity contribution in [3.8, 4) is 6.07 Å². The van der Waals surface area contributed by atoms with E-state index in [9.17, 15) is 0 Å². The van der Waals surface area contributed by atoms with Crippen LogP contribution in [0.1, 0.15) is 23.3 Å². The summed E-state index contributed by atoms with van der Waals surface area (Å²) >= 11 is 1.72. The van der Waals surface area contributed by atoms with Gasteiger partial charge in [0, 0.05) is 10.3 Å². The number of nitriles is 1.